The number of amides is 1. The molecule has 0 aliphatic carbocycles. The lowest BCUT2D eigenvalue weighted by Gasteiger charge is -2.10. The lowest BCUT2D eigenvalue weighted by molar-refractivity contribution is -0.384. The third-order valence-corrected chi connectivity index (χ3v) is 3.24. The van der Waals surface area contributed by atoms with Gasteiger partial charge >= 0.3 is 0 Å². The van der Waals surface area contributed by atoms with E-state index in [1.54, 1.807) is 6.07 Å². The average molecular weight is 324 g/mol. The van der Waals surface area contributed by atoms with Gasteiger partial charge in [-0.15, -0.1) is 0 Å². The van der Waals surface area contributed by atoms with Crippen molar-refractivity contribution in [1.82, 2.24) is 5.32 Å². The molecule has 0 fully saturated rings. The molecule has 8 heteroatoms. The normalized spacial score (nSPS) is 11.3. The zero-order chi connectivity index (χ0) is 16.7. The predicted octanol–water partition coefficient (Wildman–Crippen LogP) is 2.49. The van der Waals surface area contributed by atoms with Crippen molar-refractivity contribution in [2.45, 2.75) is 19.8 Å². The molecule has 1 unspecified atom stereocenters. The molecule has 1 N–H and O–H groups in total. The highest BCUT2D eigenvalue weighted by atomic mass is 35.5. The number of hydrogen-bond acceptors (Lipinski definition) is 5. The number of carbonyl (C=O) groups excluding carboxylic acids is 2. The van der Waals surface area contributed by atoms with Crippen LogP contribution in [-0.2, 0) is 4.79 Å². The Bertz CT molecular complexity index is 639. The molecule has 0 radical (unpaired) electrons. The van der Waals surface area contributed by atoms with Crippen molar-refractivity contribution in [3.63, 3.8) is 0 Å². The Morgan fingerprint density at radius 3 is 2.73 bits per heavy atom. The fraction of sp³-hybridized carbons (Fsp3) is 0.357. The van der Waals surface area contributed by atoms with Crippen LogP contribution >= 0.6 is 11.6 Å². The maximum absolute atomic E-state index is 12.3. The predicted molar refractivity (Wildman–Crippen MR) is 79.5 cm³/mol. The first-order chi connectivity index (χ1) is 10.4. The molecule has 0 saturated carbocycles. The summed E-state index contributed by atoms with van der Waals surface area (Å²) in [5.74, 6) is -3.18. The van der Waals surface area contributed by atoms with E-state index in [1.165, 1.54) is 6.07 Å². The highest BCUT2D eigenvalue weighted by molar-refractivity contribution is 6.34. The van der Waals surface area contributed by atoms with Crippen LogP contribution in [0.15, 0.2) is 18.2 Å². The summed E-state index contributed by atoms with van der Waals surface area (Å²) < 4.78 is 0. The molecular weight excluding hydrogens is 310 g/mol. The van der Waals surface area contributed by atoms with Gasteiger partial charge in [0.2, 0.25) is 5.91 Å². The molecule has 1 aromatic carbocycles. The molecule has 1 rings (SSSR count). The number of unbranched alkanes of at least 4 members (excludes halogenated alkanes) is 1. The Kier molecular flexibility index (Phi) is 6.47. The van der Waals surface area contributed by atoms with Crippen LogP contribution in [0.4, 0.5) is 5.69 Å². The molecule has 1 aromatic rings. The van der Waals surface area contributed by atoms with E-state index in [0.29, 0.717) is 6.54 Å². The largest absolute Gasteiger partial charge is 0.355 e. The van der Waals surface area contributed by atoms with E-state index in [9.17, 15) is 19.7 Å². The van der Waals surface area contributed by atoms with Crippen molar-refractivity contribution >= 4 is 29.0 Å². The number of nitriles is 1. The Labute approximate surface area is 132 Å². The third-order valence-electron chi connectivity index (χ3n) is 2.91. The van der Waals surface area contributed by atoms with Crippen LogP contribution < -0.4 is 5.32 Å². The molecule has 22 heavy (non-hydrogen) atoms. The number of Topliss-reactive ketones (excluding diaryl/α,β-unsaturated/α-hetero) is 1. The van der Waals surface area contributed by atoms with Gasteiger partial charge in [-0.3, -0.25) is 19.7 Å². The molecule has 0 aromatic heterocycles. The van der Waals surface area contributed by atoms with Crippen molar-refractivity contribution in [2.24, 2.45) is 5.92 Å². The SMILES string of the molecule is CCCCNC(=O)C(C#N)C(=O)c1cc([N+](=O)[O-])ccc1Cl. The molecule has 0 saturated heterocycles. The maximum atomic E-state index is 12.3. The second-order valence-electron chi connectivity index (χ2n) is 4.49. The number of nitro groups is 1. The zero-order valence-electron chi connectivity index (χ0n) is 11.8. The molecule has 116 valence electrons. The van der Waals surface area contributed by atoms with Crippen molar-refractivity contribution < 1.29 is 14.5 Å². The lowest BCUT2D eigenvalue weighted by Crippen LogP contribution is -2.35. The molecule has 0 aliphatic rings. The van der Waals surface area contributed by atoms with E-state index in [1.807, 2.05) is 6.92 Å². The van der Waals surface area contributed by atoms with E-state index < -0.39 is 22.5 Å². The van der Waals surface area contributed by atoms with Crippen LogP contribution in [0.2, 0.25) is 5.02 Å². The fourth-order valence-electron chi connectivity index (χ4n) is 1.70. The Morgan fingerprint density at radius 2 is 2.18 bits per heavy atom. The van der Waals surface area contributed by atoms with Crippen LogP contribution in [0, 0.1) is 27.4 Å². The van der Waals surface area contributed by atoms with Gasteiger partial charge in [-0.05, 0) is 12.5 Å². The summed E-state index contributed by atoms with van der Waals surface area (Å²) in [5, 5.41) is 22.2. The van der Waals surface area contributed by atoms with Crippen molar-refractivity contribution in [1.29, 1.82) is 5.26 Å². The number of nitrogens with one attached hydrogen (secondary N) is 1. The summed E-state index contributed by atoms with van der Waals surface area (Å²) in [7, 11) is 0. The van der Waals surface area contributed by atoms with E-state index in [4.69, 9.17) is 16.9 Å². The van der Waals surface area contributed by atoms with Gasteiger partial charge < -0.3 is 5.32 Å². The molecule has 0 spiro atoms. The number of hydrogen-bond donors (Lipinski definition) is 1. The molecule has 0 bridgehead atoms. The zero-order valence-corrected chi connectivity index (χ0v) is 12.6. The van der Waals surface area contributed by atoms with Crippen LogP contribution in [-0.4, -0.2) is 23.2 Å². The second-order valence-corrected chi connectivity index (χ2v) is 4.90. The summed E-state index contributed by atoms with van der Waals surface area (Å²) in [4.78, 5) is 34.2. The quantitative estimate of drug-likeness (QED) is 0.272. The molecular formula is C14H14ClN3O4. The van der Waals surface area contributed by atoms with Crippen LogP contribution in [0.3, 0.4) is 0 Å². The van der Waals surface area contributed by atoms with Crippen molar-refractivity contribution in [2.75, 3.05) is 6.54 Å². The second kappa shape index (κ2) is 8.10. The number of benzene rings is 1. The van der Waals surface area contributed by atoms with E-state index >= 15 is 0 Å². The number of rotatable bonds is 7. The van der Waals surface area contributed by atoms with Crippen LogP contribution in [0.25, 0.3) is 0 Å². The monoisotopic (exact) mass is 323 g/mol. The minimum atomic E-state index is -1.59. The number of ketones is 1. The smallest absolute Gasteiger partial charge is 0.270 e. The molecule has 1 atom stereocenters. The van der Waals surface area contributed by atoms with Gasteiger partial charge in [0.25, 0.3) is 5.69 Å². The highest BCUT2D eigenvalue weighted by Crippen LogP contribution is 2.24. The molecule has 0 heterocycles. The topological polar surface area (TPSA) is 113 Å². The Balaban J connectivity index is 3.02. The molecule has 0 aliphatic heterocycles. The van der Waals surface area contributed by atoms with Gasteiger partial charge in [0.15, 0.2) is 11.7 Å². The summed E-state index contributed by atoms with van der Waals surface area (Å²) in [6.07, 6.45) is 1.57. The summed E-state index contributed by atoms with van der Waals surface area (Å²) in [6.45, 7) is 2.28. The number of nitrogens with zero attached hydrogens (tertiary/aromatic N) is 2. The van der Waals surface area contributed by atoms with Gasteiger partial charge in [0.05, 0.1) is 16.0 Å². The van der Waals surface area contributed by atoms with Crippen LogP contribution in [0.1, 0.15) is 30.1 Å². The Hall–Kier alpha value is -2.46. The van der Waals surface area contributed by atoms with Crippen molar-refractivity contribution in [3.05, 3.63) is 38.9 Å². The lowest BCUT2D eigenvalue weighted by atomic mass is 9.97. The minimum absolute atomic E-state index is 0.0443. The maximum Gasteiger partial charge on any atom is 0.270 e. The molecule has 1 amide bonds. The van der Waals surface area contributed by atoms with Gasteiger partial charge in [-0.1, -0.05) is 24.9 Å². The summed E-state index contributed by atoms with van der Waals surface area (Å²) in [6, 6.07) is 4.91. The number of halogens is 1. The third kappa shape index (κ3) is 4.27. The minimum Gasteiger partial charge on any atom is -0.355 e. The first-order valence-corrected chi connectivity index (χ1v) is 6.95. The average Bonchev–Trinajstić information content (AvgIpc) is 2.48. The Morgan fingerprint density at radius 1 is 1.50 bits per heavy atom. The van der Waals surface area contributed by atoms with E-state index in [2.05, 4.69) is 5.32 Å². The standard InChI is InChI=1S/C14H14ClN3O4/c1-2-3-6-17-14(20)11(8-16)13(19)10-7-9(18(21)22)4-5-12(10)15/h4-5,7,11H,2-3,6H2,1H3,(H,17,20). The molecule has 7 nitrogen and oxygen atoms in total. The van der Waals surface area contributed by atoms with Gasteiger partial charge in [-0.2, -0.15) is 5.26 Å². The van der Waals surface area contributed by atoms with Gasteiger partial charge in [0, 0.05) is 24.2 Å². The van der Waals surface area contributed by atoms with Crippen LogP contribution in [0.5, 0.6) is 0 Å². The number of non-ortho nitro benzene ring substituents is 1. The fourth-order valence-corrected chi connectivity index (χ4v) is 1.91. The van der Waals surface area contributed by atoms with Crippen molar-refractivity contribution in [3.8, 4) is 6.07 Å². The van der Waals surface area contributed by atoms with Gasteiger partial charge in [0.1, 0.15) is 0 Å². The summed E-state index contributed by atoms with van der Waals surface area (Å²) in [5.41, 5.74) is -0.552. The highest BCUT2D eigenvalue weighted by Gasteiger charge is 2.29. The van der Waals surface area contributed by atoms with Gasteiger partial charge in [-0.25, -0.2) is 0 Å². The first-order valence-electron chi connectivity index (χ1n) is 6.57. The first kappa shape index (κ1) is 17.6. The van der Waals surface area contributed by atoms with E-state index in [0.717, 1.165) is 25.0 Å². The number of nitro benzene ring substituents is 1. The van der Waals surface area contributed by atoms with E-state index in [-0.39, 0.29) is 16.3 Å². The summed E-state index contributed by atoms with van der Waals surface area (Å²) >= 11 is 5.84. The number of carbonyl (C=O) groups is 2.